The lowest BCUT2D eigenvalue weighted by molar-refractivity contribution is 0.0840. The van der Waals surface area contributed by atoms with Gasteiger partial charge in [0, 0.05) is 38.4 Å². The maximum atomic E-state index is 13.0. The average molecular weight is 321 g/mol. The van der Waals surface area contributed by atoms with Crippen LogP contribution in [0, 0.1) is 11.7 Å². The van der Waals surface area contributed by atoms with Gasteiger partial charge in [-0.2, -0.15) is 0 Å². The Balaban J connectivity index is 1.45. The molecule has 1 aromatic rings. The summed E-state index contributed by atoms with van der Waals surface area (Å²) in [6, 6.07) is 6.47. The molecule has 6 heteroatoms. The van der Waals surface area contributed by atoms with Gasteiger partial charge in [0.1, 0.15) is 5.82 Å². The minimum atomic E-state index is -0.394. The number of carbonyl (C=O) groups excluding carboxylic acids is 1. The molecule has 0 aliphatic carbocycles. The summed E-state index contributed by atoms with van der Waals surface area (Å²) in [6.45, 7) is 3.58. The molecule has 3 rings (SSSR count). The molecule has 0 saturated carbocycles. The standard InChI is InChI=1S/C17H24FN3O2/c18-14-3-5-15(6-4-14)20-9-7-13(11-20)10-19-17(23)21-8-1-2-16(22)12-21/h3-6,13,16,22H,1-2,7-12H2,(H,19,23)/t13-,16-/m1/s1. The van der Waals surface area contributed by atoms with Gasteiger partial charge in [-0.25, -0.2) is 9.18 Å². The Hall–Kier alpha value is -1.82. The smallest absolute Gasteiger partial charge is 0.317 e. The van der Waals surface area contributed by atoms with E-state index in [1.54, 1.807) is 17.0 Å². The van der Waals surface area contributed by atoms with Crippen molar-refractivity contribution < 1.29 is 14.3 Å². The Kier molecular flexibility index (Phi) is 5.00. The first-order valence-electron chi connectivity index (χ1n) is 8.33. The van der Waals surface area contributed by atoms with Crippen LogP contribution in [0.3, 0.4) is 0 Å². The molecule has 2 aliphatic rings. The highest BCUT2D eigenvalue weighted by molar-refractivity contribution is 5.74. The Morgan fingerprint density at radius 1 is 1.22 bits per heavy atom. The van der Waals surface area contributed by atoms with Crippen LogP contribution in [-0.2, 0) is 0 Å². The van der Waals surface area contributed by atoms with E-state index >= 15 is 0 Å². The van der Waals surface area contributed by atoms with Crippen molar-refractivity contribution in [2.75, 3.05) is 37.6 Å². The zero-order valence-corrected chi connectivity index (χ0v) is 13.2. The number of β-amino-alcohol motifs (C(OH)–C–C–N with tert-alkyl or cyclic N) is 1. The molecule has 2 aliphatic heterocycles. The Bertz CT molecular complexity index is 537. The third-order valence-electron chi connectivity index (χ3n) is 4.70. The first-order chi connectivity index (χ1) is 11.1. The van der Waals surface area contributed by atoms with Gasteiger partial charge < -0.3 is 20.2 Å². The number of rotatable bonds is 3. The number of hydrogen-bond donors (Lipinski definition) is 2. The summed E-state index contributed by atoms with van der Waals surface area (Å²) in [6.07, 6.45) is 2.25. The first-order valence-corrected chi connectivity index (χ1v) is 8.33. The Labute approximate surface area is 136 Å². The molecule has 0 unspecified atom stereocenters. The second-order valence-corrected chi connectivity index (χ2v) is 6.51. The van der Waals surface area contributed by atoms with Crippen LogP contribution in [0.4, 0.5) is 14.9 Å². The number of hydrogen-bond acceptors (Lipinski definition) is 3. The van der Waals surface area contributed by atoms with E-state index in [1.165, 1.54) is 12.1 Å². The number of likely N-dealkylation sites (tertiary alicyclic amines) is 1. The van der Waals surface area contributed by atoms with E-state index in [4.69, 9.17) is 0 Å². The van der Waals surface area contributed by atoms with Crippen LogP contribution in [0.25, 0.3) is 0 Å². The molecule has 2 N–H and O–H groups in total. The lowest BCUT2D eigenvalue weighted by Gasteiger charge is -2.30. The van der Waals surface area contributed by atoms with Crippen LogP contribution in [0.2, 0.25) is 0 Å². The van der Waals surface area contributed by atoms with Gasteiger partial charge in [-0.05, 0) is 49.4 Å². The molecule has 23 heavy (non-hydrogen) atoms. The van der Waals surface area contributed by atoms with E-state index < -0.39 is 6.10 Å². The fourth-order valence-electron chi connectivity index (χ4n) is 3.37. The van der Waals surface area contributed by atoms with E-state index in [9.17, 15) is 14.3 Å². The molecule has 0 radical (unpaired) electrons. The van der Waals surface area contributed by atoms with Crippen molar-refractivity contribution in [2.24, 2.45) is 5.92 Å². The van der Waals surface area contributed by atoms with E-state index in [0.717, 1.165) is 44.6 Å². The minimum Gasteiger partial charge on any atom is -0.391 e. The van der Waals surface area contributed by atoms with Crippen LogP contribution in [0.1, 0.15) is 19.3 Å². The van der Waals surface area contributed by atoms with Crippen molar-refractivity contribution in [3.8, 4) is 0 Å². The van der Waals surface area contributed by atoms with Crippen LogP contribution < -0.4 is 10.2 Å². The number of piperidine rings is 1. The zero-order valence-electron chi connectivity index (χ0n) is 13.2. The van der Waals surface area contributed by atoms with Crippen LogP contribution in [0.15, 0.2) is 24.3 Å². The van der Waals surface area contributed by atoms with Gasteiger partial charge in [-0.3, -0.25) is 0 Å². The number of aliphatic hydroxyl groups excluding tert-OH is 1. The number of aliphatic hydroxyl groups is 1. The molecule has 0 bridgehead atoms. The molecular weight excluding hydrogens is 297 g/mol. The van der Waals surface area contributed by atoms with Gasteiger partial charge in [0.05, 0.1) is 6.10 Å². The van der Waals surface area contributed by atoms with E-state index in [-0.39, 0.29) is 11.8 Å². The predicted molar refractivity (Wildman–Crippen MR) is 86.9 cm³/mol. The Morgan fingerprint density at radius 2 is 2.00 bits per heavy atom. The number of amides is 2. The molecule has 126 valence electrons. The highest BCUT2D eigenvalue weighted by Crippen LogP contribution is 2.23. The SMILES string of the molecule is O=C(NC[C@H]1CCN(c2ccc(F)cc2)C1)N1CCC[C@@H](O)C1. The lowest BCUT2D eigenvalue weighted by atomic mass is 10.1. The molecule has 0 spiro atoms. The molecule has 2 fully saturated rings. The van der Waals surface area contributed by atoms with Gasteiger partial charge in [-0.1, -0.05) is 0 Å². The average Bonchev–Trinajstić information content (AvgIpc) is 3.02. The third-order valence-corrected chi connectivity index (χ3v) is 4.70. The molecular formula is C17H24FN3O2. The number of halogens is 1. The van der Waals surface area contributed by atoms with Gasteiger partial charge in [0.2, 0.25) is 0 Å². The molecule has 0 aromatic heterocycles. The molecule has 2 heterocycles. The number of nitrogens with one attached hydrogen (secondary N) is 1. The van der Waals surface area contributed by atoms with Gasteiger partial charge in [0.25, 0.3) is 0 Å². The highest BCUT2D eigenvalue weighted by atomic mass is 19.1. The van der Waals surface area contributed by atoms with Crippen molar-refractivity contribution in [3.63, 3.8) is 0 Å². The first kappa shape index (κ1) is 16.1. The number of urea groups is 1. The highest BCUT2D eigenvalue weighted by Gasteiger charge is 2.25. The predicted octanol–water partition coefficient (Wildman–Crippen LogP) is 1.82. The summed E-state index contributed by atoms with van der Waals surface area (Å²) in [5.41, 5.74) is 1.03. The molecule has 2 atom stereocenters. The van der Waals surface area contributed by atoms with Crippen molar-refractivity contribution >= 4 is 11.7 Å². The van der Waals surface area contributed by atoms with E-state index in [1.807, 2.05) is 0 Å². The van der Waals surface area contributed by atoms with Crippen molar-refractivity contribution in [1.29, 1.82) is 0 Å². The maximum Gasteiger partial charge on any atom is 0.317 e. The zero-order chi connectivity index (χ0) is 16.2. The summed E-state index contributed by atoms with van der Waals surface area (Å²) in [4.78, 5) is 16.1. The summed E-state index contributed by atoms with van der Waals surface area (Å²) in [7, 11) is 0. The molecule has 5 nitrogen and oxygen atoms in total. The summed E-state index contributed by atoms with van der Waals surface area (Å²) >= 11 is 0. The Morgan fingerprint density at radius 3 is 2.74 bits per heavy atom. The largest absolute Gasteiger partial charge is 0.391 e. The van der Waals surface area contributed by atoms with E-state index in [2.05, 4.69) is 10.2 Å². The molecule has 2 amide bonds. The summed E-state index contributed by atoms with van der Waals surface area (Å²) in [5, 5.41) is 12.6. The van der Waals surface area contributed by atoms with Crippen molar-refractivity contribution in [1.82, 2.24) is 10.2 Å². The maximum absolute atomic E-state index is 13.0. The molecule has 1 aromatic carbocycles. The number of anilines is 1. The van der Waals surface area contributed by atoms with Gasteiger partial charge >= 0.3 is 6.03 Å². The second kappa shape index (κ2) is 7.17. The summed E-state index contributed by atoms with van der Waals surface area (Å²) in [5.74, 6) is 0.180. The number of benzene rings is 1. The van der Waals surface area contributed by atoms with Crippen molar-refractivity contribution in [3.05, 3.63) is 30.1 Å². The van der Waals surface area contributed by atoms with Crippen LogP contribution in [0.5, 0.6) is 0 Å². The van der Waals surface area contributed by atoms with E-state index in [0.29, 0.717) is 19.0 Å². The third kappa shape index (κ3) is 4.13. The van der Waals surface area contributed by atoms with Crippen molar-refractivity contribution in [2.45, 2.75) is 25.4 Å². The van der Waals surface area contributed by atoms with Gasteiger partial charge in [0.15, 0.2) is 0 Å². The van der Waals surface area contributed by atoms with Crippen LogP contribution in [-0.4, -0.2) is 54.9 Å². The fraction of sp³-hybridized carbons (Fsp3) is 0.588. The molecule has 2 saturated heterocycles. The summed E-state index contributed by atoms with van der Waals surface area (Å²) < 4.78 is 13.0. The monoisotopic (exact) mass is 321 g/mol. The lowest BCUT2D eigenvalue weighted by Crippen LogP contribution is -2.48. The normalized spacial score (nSPS) is 24.8. The van der Waals surface area contributed by atoms with Gasteiger partial charge in [-0.15, -0.1) is 0 Å². The number of carbonyl (C=O) groups is 1. The topological polar surface area (TPSA) is 55.8 Å². The quantitative estimate of drug-likeness (QED) is 0.893. The van der Waals surface area contributed by atoms with Crippen LogP contribution >= 0.6 is 0 Å². The number of nitrogens with zero attached hydrogens (tertiary/aromatic N) is 2. The fourth-order valence-corrected chi connectivity index (χ4v) is 3.37. The second-order valence-electron chi connectivity index (χ2n) is 6.51. The minimum absolute atomic E-state index is 0.0796.